The summed E-state index contributed by atoms with van der Waals surface area (Å²) in [6.07, 6.45) is 8.04. The molecule has 2 atom stereocenters. The Kier molecular flexibility index (Phi) is 2.29. The van der Waals surface area contributed by atoms with Crippen molar-refractivity contribution in [3.8, 4) is 0 Å². The van der Waals surface area contributed by atoms with Crippen LogP contribution in [0.5, 0.6) is 0 Å². The first-order chi connectivity index (χ1) is 5.97. The Morgan fingerprint density at radius 1 is 1.31 bits per heavy atom. The predicted molar refractivity (Wildman–Crippen MR) is 65.9 cm³/mol. The molecular weight excluding hydrogens is 271 g/mol. The highest BCUT2D eigenvalue weighted by molar-refractivity contribution is 14.1. The van der Waals surface area contributed by atoms with E-state index in [1.807, 2.05) is 0 Å². The molecule has 0 heterocycles. The van der Waals surface area contributed by atoms with Crippen LogP contribution in [0.2, 0.25) is 0 Å². The van der Waals surface area contributed by atoms with Gasteiger partial charge in [-0.15, -0.1) is 0 Å². The molecule has 0 saturated heterocycles. The Bertz CT molecular complexity index is 252. The van der Waals surface area contributed by atoms with Gasteiger partial charge in [0.2, 0.25) is 0 Å². The molecule has 0 nitrogen and oxygen atoms in total. The predicted octanol–water partition coefficient (Wildman–Crippen LogP) is 4.54. The van der Waals surface area contributed by atoms with Crippen molar-refractivity contribution in [2.45, 2.75) is 46.5 Å². The van der Waals surface area contributed by atoms with Crippen LogP contribution in [0.3, 0.4) is 0 Å². The minimum Gasteiger partial charge on any atom is -0.0743 e. The lowest BCUT2D eigenvalue weighted by Gasteiger charge is -2.48. The minimum atomic E-state index is 0.530. The van der Waals surface area contributed by atoms with E-state index in [0.717, 1.165) is 5.92 Å². The van der Waals surface area contributed by atoms with Crippen LogP contribution < -0.4 is 0 Å². The molecule has 0 spiro atoms. The third-order valence-electron chi connectivity index (χ3n) is 4.31. The summed E-state index contributed by atoms with van der Waals surface area (Å²) in [6.45, 7) is 7.39. The van der Waals surface area contributed by atoms with Crippen LogP contribution in [0.4, 0.5) is 0 Å². The number of hydrogen-bond donors (Lipinski definition) is 0. The number of fused-ring (bicyclic) bond motifs is 1. The summed E-state index contributed by atoms with van der Waals surface area (Å²) in [4.78, 5) is 0. The SMILES string of the molecule is CC1(C)CCC[C@]2(C)C(I)=CC[C@@H]12. The molecule has 2 aliphatic carbocycles. The molecule has 0 bridgehead atoms. The molecule has 13 heavy (non-hydrogen) atoms. The molecule has 2 aliphatic rings. The van der Waals surface area contributed by atoms with E-state index in [1.165, 1.54) is 25.7 Å². The van der Waals surface area contributed by atoms with Gasteiger partial charge in [-0.05, 0) is 56.8 Å². The average molecular weight is 290 g/mol. The first-order valence-corrected chi connectivity index (χ1v) is 6.41. The monoisotopic (exact) mass is 290 g/mol. The molecule has 0 unspecified atom stereocenters. The molecule has 0 aromatic heterocycles. The van der Waals surface area contributed by atoms with Gasteiger partial charge in [-0.25, -0.2) is 0 Å². The molecule has 0 aliphatic heterocycles. The molecule has 1 saturated carbocycles. The molecule has 2 rings (SSSR count). The highest BCUT2D eigenvalue weighted by atomic mass is 127. The van der Waals surface area contributed by atoms with E-state index in [9.17, 15) is 0 Å². The van der Waals surface area contributed by atoms with Gasteiger partial charge in [-0.1, -0.05) is 33.3 Å². The smallest absolute Gasteiger partial charge is 0.00158 e. The molecule has 0 amide bonds. The first kappa shape index (κ1) is 10.0. The van der Waals surface area contributed by atoms with Crippen LogP contribution in [0.15, 0.2) is 9.66 Å². The normalized spacial score (nSPS) is 42.8. The standard InChI is InChI=1S/C12H19I/c1-11(2)7-4-8-12(3)9(11)5-6-10(12)13/h6,9H,4-5,7-8H2,1-3H3/t9-,12-/m0/s1. The fourth-order valence-corrected chi connectivity index (χ4v) is 4.34. The largest absolute Gasteiger partial charge is 0.0743 e. The van der Waals surface area contributed by atoms with Crippen molar-refractivity contribution < 1.29 is 0 Å². The van der Waals surface area contributed by atoms with Gasteiger partial charge in [0, 0.05) is 5.41 Å². The van der Waals surface area contributed by atoms with Gasteiger partial charge < -0.3 is 0 Å². The Morgan fingerprint density at radius 2 is 2.00 bits per heavy atom. The van der Waals surface area contributed by atoms with Crippen LogP contribution in [-0.2, 0) is 0 Å². The van der Waals surface area contributed by atoms with Gasteiger partial charge in [-0.3, -0.25) is 0 Å². The van der Waals surface area contributed by atoms with Crippen molar-refractivity contribution in [2.75, 3.05) is 0 Å². The number of halogens is 1. The third-order valence-corrected chi connectivity index (χ3v) is 5.98. The minimum absolute atomic E-state index is 0.530. The Morgan fingerprint density at radius 3 is 2.62 bits per heavy atom. The van der Waals surface area contributed by atoms with Gasteiger partial charge in [0.15, 0.2) is 0 Å². The lowest BCUT2D eigenvalue weighted by Crippen LogP contribution is -2.39. The fraction of sp³-hybridized carbons (Fsp3) is 0.833. The topological polar surface area (TPSA) is 0 Å². The van der Waals surface area contributed by atoms with E-state index in [0.29, 0.717) is 10.8 Å². The van der Waals surface area contributed by atoms with Crippen molar-refractivity contribution in [3.63, 3.8) is 0 Å². The van der Waals surface area contributed by atoms with E-state index in [-0.39, 0.29) is 0 Å². The summed E-state index contributed by atoms with van der Waals surface area (Å²) in [6, 6.07) is 0. The molecule has 1 fully saturated rings. The zero-order chi connectivity index (χ0) is 9.69. The maximum Gasteiger partial charge on any atom is 0.00158 e. The van der Waals surface area contributed by atoms with Crippen molar-refractivity contribution in [2.24, 2.45) is 16.7 Å². The average Bonchev–Trinajstić information content (AvgIpc) is 2.29. The van der Waals surface area contributed by atoms with Gasteiger partial charge in [0.1, 0.15) is 0 Å². The van der Waals surface area contributed by atoms with Gasteiger partial charge in [0.05, 0.1) is 0 Å². The van der Waals surface area contributed by atoms with Crippen LogP contribution in [0.1, 0.15) is 46.5 Å². The van der Waals surface area contributed by atoms with Crippen LogP contribution in [-0.4, -0.2) is 0 Å². The van der Waals surface area contributed by atoms with Crippen LogP contribution in [0, 0.1) is 16.7 Å². The molecule has 1 heteroatoms. The number of rotatable bonds is 0. The fourth-order valence-electron chi connectivity index (χ4n) is 3.44. The molecule has 0 radical (unpaired) electrons. The summed E-state index contributed by atoms with van der Waals surface area (Å²) in [5.41, 5.74) is 1.10. The summed E-state index contributed by atoms with van der Waals surface area (Å²) < 4.78 is 1.63. The number of allylic oxidation sites excluding steroid dienone is 2. The molecule has 0 aromatic rings. The van der Waals surface area contributed by atoms with E-state index in [2.05, 4.69) is 49.4 Å². The lowest BCUT2D eigenvalue weighted by atomic mass is 9.58. The summed E-state index contributed by atoms with van der Waals surface area (Å²) in [5, 5.41) is 0. The molecule has 74 valence electrons. The zero-order valence-electron chi connectivity index (χ0n) is 8.86. The highest BCUT2D eigenvalue weighted by Crippen LogP contribution is 2.60. The highest BCUT2D eigenvalue weighted by Gasteiger charge is 2.49. The van der Waals surface area contributed by atoms with Gasteiger partial charge in [-0.2, -0.15) is 0 Å². The second kappa shape index (κ2) is 2.98. The summed E-state index contributed by atoms with van der Waals surface area (Å²) in [7, 11) is 0. The van der Waals surface area contributed by atoms with Crippen LogP contribution >= 0.6 is 22.6 Å². The second-order valence-corrected chi connectivity index (χ2v) is 6.76. The van der Waals surface area contributed by atoms with E-state index >= 15 is 0 Å². The first-order valence-electron chi connectivity index (χ1n) is 5.33. The lowest BCUT2D eigenvalue weighted by molar-refractivity contribution is 0.0475. The van der Waals surface area contributed by atoms with E-state index in [4.69, 9.17) is 0 Å². The second-order valence-electron chi connectivity index (χ2n) is 5.60. The maximum atomic E-state index is 2.56. The van der Waals surface area contributed by atoms with Crippen molar-refractivity contribution in [3.05, 3.63) is 9.66 Å². The van der Waals surface area contributed by atoms with Crippen molar-refractivity contribution in [1.82, 2.24) is 0 Å². The molecule has 0 N–H and O–H groups in total. The molecular formula is C12H19I. The number of hydrogen-bond acceptors (Lipinski definition) is 0. The van der Waals surface area contributed by atoms with Gasteiger partial charge >= 0.3 is 0 Å². The summed E-state index contributed by atoms with van der Waals surface area (Å²) in [5.74, 6) is 0.903. The molecule has 0 aromatic carbocycles. The van der Waals surface area contributed by atoms with Crippen LogP contribution in [0.25, 0.3) is 0 Å². The van der Waals surface area contributed by atoms with E-state index in [1.54, 1.807) is 3.58 Å². The third kappa shape index (κ3) is 1.38. The summed E-state index contributed by atoms with van der Waals surface area (Å²) >= 11 is 2.56. The van der Waals surface area contributed by atoms with Gasteiger partial charge in [0.25, 0.3) is 0 Å². The van der Waals surface area contributed by atoms with E-state index < -0.39 is 0 Å². The maximum absolute atomic E-state index is 2.56. The van der Waals surface area contributed by atoms with Crippen molar-refractivity contribution in [1.29, 1.82) is 0 Å². The Balaban J connectivity index is 2.33. The Labute approximate surface area is 95.3 Å². The van der Waals surface area contributed by atoms with Crippen molar-refractivity contribution >= 4 is 22.6 Å². The zero-order valence-corrected chi connectivity index (χ0v) is 11.0. The quantitative estimate of drug-likeness (QED) is 0.574. The Hall–Kier alpha value is 0.470.